The maximum atomic E-state index is 14.5. The number of anilines is 1. The van der Waals surface area contributed by atoms with Gasteiger partial charge in [-0.15, -0.1) is 11.8 Å². The third kappa shape index (κ3) is 8.90. The van der Waals surface area contributed by atoms with Gasteiger partial charge in [0.25, 0.3) is 10.0 Å². The number of halogens is 1. The van der Waals surface area contributed by atoms with E-state index in [0.29, 0.717) is 22.8 Å². The maximum Gasteiger partial charge on any atom is 0.264 e. The number of aryl methyl sites for hydroxylation is 1. The fourth-order valence-corrected chi connectivity index (χ4v) is 6.86. The minimum Gasteiger partial charge on any atom is -0.354 e. The van der Waals surface area contributed by atoms with Crippen LogP contribution in [0.3, 0.4) is 0 Å². The number of carbonyl (C=O) groups excluding carboxylic acids is 2. The molecule has 2 amide bonds. The van der Waals surface area contributed by atoms with Gasteiger partial charge < -0.3 is 10.2 Å². The fraction of sp³-hybridized carbons (Fsp3) is 0.257. The van der Waals surface area contributed by atoms with Crippen LogP contribution in [0.2, 0.25) is 5.02 Å². The van der Waals surface area contributed by atoms with Crippen molar-refractivity contribution in [2.24, 2.45) is 0 Å². The third-order valence-electron chi connectivity index (χ3n) is 7.37. The first-order valence-corrected chi connectivity index (χ1v) is 17.8. The predicted octanol–water partition coefficient (Wildman–Crippen LogP) is 6.73. The molecule has 1 atom stereocenters. The molecule has 0 unspecified atom stereocenters. The van der Waals surface area contributed by atoms with Crippen molar-refractivity contribution in [1.82, 2.24) is 10.2 Å². The number of thioether (sulfide) groups is 1. The molecule has 0 radical (unpaired) electrons. The van der Waals surface area contributed by atoms with Gasteiger partial charge in [0.1, 0.15) is 12.6 Å². The highest BCUT2D eigenvalue weighted by Gasteiger charge is 2.34. The van der Waals surface area contributed by atoms with E-state index < -0.39 is 28.5 Å². The summed E-state index contributed by atoms with van der Waals surface area (Å²) in [6.45, 7) is 3.79. The van der Waals surface area contributed by atoms with E-state index in [1.54, 1.807) is 66.7 Å². The first-order valence-electron chi connectivity index (χ1n) is 14.7. The van der Waals surface area contributed by atoms with E-state index in [0.717, 1.165) is 26.7 Å². The summed E-state index contributed by atoms with van der Waals surface area (Å²) in [5.41, 5.74) is 2.80. The maximum absolute atomic E-state index is 14.5. The van der Waals surface area contributed by atoms with Gasteiger partial charge in [-0.3, -0.25) is 13.9 Å². The zero-order valence-electron chi connectivity index (χ0n) is 25.6. The molecule has 0 saturated carbocycles. The Kier molecular flexibility index (Phi) is 12.1. The molecular formula is C35H38ClN3O4S2. The molecule has 0 aliphatic heterocycles. The Bertz CT molecular complexity index is 1680. The zero-order valence-corrected chi connectivity index (χ0v) is 28.0. The quantitative estimate of drug-likeness (QED) is 0.151. The van der Waals surface area contributed by atoms with Crippen LogP contribution in [0.4, 0.5) is 5.69 Å². The molecule has 7 nitrogen and oxygen atoms in total. The molecule has 0 aliphatic rings. The molecule has 4 aromatic rings. The van der Waals surface area contributed by atoms with Crippen LogP contribution in [-0.4, -0.2) is 50.5 Å². The second kappa shape index (κ2) is 16.0. The van der Waals surface area contributed by atoms with E-state index in [1.165, 1.54) is 16.7 Å². The van der Waals surface area contributed by atoms with Crippen molar-refractivity contribution in [3.05, 3.63) is 125 Å². The molecule has 45 heavy (non-hydrogen) atoms. The number of carbonyl (C=O) groups is 2. The van der Waals surface area contributed by atoms with Gasteiger partial charge >= 0.3 is 0 Å². The van der Waals surface area contributed by atoms with E-state index in [-0.39, 0.29) is 23.8 Å². The smallest absolute Gasteiger partial charge is 0.264 e. The molecule has 4 aromatic carbocycles. The van der Waals surface area contributed by atoms with Gasteiger partial charge in [-0.2, -0.15) is 0 Å². The van der Waals surface area contributed by atoms with Crippen molar-refractivity contribution in [3.63, 3.8) is 0 Å². The summed E-state index contributed by atoms with van der Waals surface area (Å²) >= 11 is 8.05. The van der Waals surface area contributed by atoms with Gasteiger partial charge in [0.2, 0.25) is 11.8 Å². The van der Waals surface area contributed by atoms with Crippen LogP contribution in [-0.2, 0) is 32.6 Å². The Morgan fingerprint density at radius 3 is 2.16 bits per heavy atom. The van der Waals surface area contributed by atoms with E-state index in [4.69, 9.17) is 11.6 Å². The molecule has 10 heteroatoms. The van der Waals surface area contributed by atoms with Gasteiger partial charge in [-0.25, -0.2) is 8.42 Å². The normalized spacial score (nSPS) is 11.9. The van der Waals surface area contributed by atoms with Crippen molar-refractivity contribution in [3.8, 4) is 0 Å². The van der Waals surface area contributed by atoms with Crippen LogP contribution < -0.4 is 9.62 Å². The molecule has 0 aromatic heterocycles. The van der Waals surface area contributed by atoms with E-state index in [2.05, 4.69) is 5.32 Å². The number of sulfonamides is 1. The lowest BCUT2D eigenvalue weighted by atomic mass is 10.0. The summed E-state index contributed by atoms with van der Waals surface area (Å²) in [6, 6.07) is 29.2. The number of hydrogen-bond acceptors (Lipinski definition) is 5. The minimum atomic E-state index is -4.17. The summed E-state index contributed by atoms with van der Waals surface area (Å²) < 4.78 is 29.5. The Morgan fingerprint density at radius 2 is 1.53 bits per heavy atom. The van der Waals surface area contributed by atoms with Crippen LogP contribution in [0.5, 0.6) is 0 Å². The van der Waals surface area contributed by atoms with E-state index >= 15 is 0 Å². The highest BCUT2D eigenvalue weighted by atomic mass is 35.5. The number of benzene rings is 4. The third-order valence-corrected chi connectivity index (χ3v) is 10.3. The Morgan fingerprint density at radius 1 is 0.889 bits per heavy atom. The summed E-state index contributed by atoms with van der Waals surface area (Å²) in [7, 11) is -4.17. The molecule has 0 bridgehead atoms. The molecule has 0 spiro atoms. The van der Waals surface area contributed by atoms with Crippen LogP contribution >= 0.6 is 23.4 Å². The Labute approximate surface area is 275 Å². The average Bonchev–Trinajstić information content (AvgIpc) is 3.05. The van der Waals surface area contributed by atoms with Crippen molar-refractivity contribution >= 4 is 50.9 Å². The Hall–Kier alpha value is -3.79. The molecular weight excluding hydrogens is 626 g/mol. The topological polar surface area (TPSA) is 86.8 Å². The Balaban J connectivity index is 1.80. The summed E-state index contributed by atoms with van der Waals surface area (Å²) in [5, 5.41) is 3.39. The number of hydrogen-bond donors (Lipinski definition) is 1. The summed E-state index contributed by atoms with van der Waals surface area (Å²) in [5.74, 6) is -0.856. The van der Waals surface area contributed by atoms with Crippen LogP contribution in [0.25, 0.3) is 0 Å². The second-order valence-corrected chi connectivity index (χ2v) is 13.8. The zero-order chi connectivity index (χ0) is 32.4. The number of amides is 2. The molecule has 1 N–H and O–H groups in total. The van der Waals surface area contributed by atoms with Crippen molar-refractivity contribution in [2.75, 3.05) is 23.7 Å². The standard InChI is InChI=1S/C35H38ClN3O4S2/c1-4-22-37-35(41)33(23-27-10-6-5-7-11-27)38(24-28-12-8-9-13-32(28)36)34(40)25-39(29-16-14-26(2)15-17-29)45(42,43)31-20-18-30(44-3)19-21-31/h5-21,33H,4,22-25H2,1-3H3,(H,37,41)/t33-/m1/s1. The largest absolute Gasteiger partial charge is 0.354 e. The van der Waals surface area contributed by atoms with Crippen LogP contribution in [0, 0.1) is 6.92 Å². The minimum absolute atomic E-state index is 0.0136. The highest BCUT2D eigenvalue weighted by Crippen LogP contribution is 2.27. The van der Waals surface area contributed by atoms with Gasteiger partial charge in [-0.05, 0) is 73.2 Å². The van der Waals surface area contributed by atoms with Crippen LogP contribution in [0.1, 0.15) is 30.0 Å². The molecule has 236 valence electrons. The molecule has 4 rings (SSSR count). The highest BCUT2D eigenvalue weighted by molar-refractivity contribution is 7.98. The number of nitrogens with zero attached hydrogens (tertiary/aromatic N) is 2. The first-order chi connectivity index (χ1) is 21.6. The molecule has 0 fully saturated rings. The monoisotopic (exact) mass is 663 g/mol. The SMILES string of the molecule is CCCNC(=O)[C@@H](Cc1ccccc1)N(Cc1ccccc1Cl)C(=O)CN(c1ccc(C)cc1)S(=O)(=O)c1ccc(SC)cc1. The lowest BCUT2D eigenvalue weighted by Crippen LogP contribution is -2.53. The lowest BCUT2D eigenvalue weighted by Gasteiger charge is -2.34. The second-order valence-electron chi connectivity index (χ2n) is 10.6. The van der Waals surface area contributed by atoms with Crippen LogP contribution in [0.15, 0.2) is 113 Å². The van der Waals surface area contributed by atoms with Crippen molar-refractivity contribution in [2.45, 2.75) is 49.1 Å². The summed E-state index contributed by atoms with van der Waals surface area (Å²) in [4.78, 5) is 30.6. The van der Waals surface area contributed by atoms with E-state index in [9.17, 15) is 18.0 Å². The van der Waals surface area contributed by atoms with E-state index in [1.807, 2.05) is 56.5 Å². The molecule has 0 heterocycles. The van der Waals surface area contributed by atoms with Gasteiger partial charge in [0, 0.05) is 29.4 Å². The van der Waals surface area contributed by atoms with Gasteiger partial charge in [-0.1, -0.05) is 84.8 Å². The van der Waals surface area contributed by atoms with Gasteiger partial charge in [0.05, 0.1) is 10.6 Å². The van der Waals surface area contributed by atoms with Crippen molar-refractivity contribution < 1.29 is 18.0 Å². The molecule has 0 saturated heterocycles. The van der Waals surface area contributed by atoms with Crippen molar-refractivity contribution in [1.29, 1.82) is 0 Å². The fourth-order valence-electron chi connectivity index (χ4n) is 4.84. The number of nitrogens with one attached hydrogen (secondary N) is 1. The lowest BCUT2D eigenvalue weighted by molar-refractivity contribution is -0.140. The molecule has 0 aliphatic carbocycles. The van der Waals surface area contributed by atoms with Gasteiger partial charge in [0.15, 0.2) is 0 Å². The predicted molar refractivity (Wildman–Crippen MR) is 183 cm³/mol. The average molecular weight is 664 g/mol. The number of rotatable bonds is 14. The summed E-state index contributed by atoms with van der Waals surface area (Å²) in [6.07, 6.45) is 2.87. The first kappa shape index (κ1) is 34.1.